The van der Waals surface area contributed by atoms with Crippen molar-refractivity contribution in [3.63, 3.8) is 0 Å². The molecule has 0 bridgehead atoms. The van der Waals surface area contributed by atoms with E-state index in [4.69, 9.17) is 9.47 Å². The van der Waals surface area contributed by atoms with E-state index in [-0.39, 0.29) is 11.5 Å². The maximum atomic E-state index is 12.5. The van der Waals surface area contributed by atoms with Gasteiger partial charge in [0.15, 0.2) is 17.6 Å². The van der Waals surface area contributed by atoms with Crippen LogP contribution in [0.1, 0.15) is 25.0 Å². The van der Waals surface area contributed by atoms with E-state index in [0.717, 1.165) is 5.56 Å². The third-order valence-corrected chi connectivity index (χ3v) is 4.31. The van der Waals surface area contributed by atoms with Gasteiger partial charge < -0.3 is 19.7 Å². The molecule has 2 rings (SSSR count). The lowest BCUT2D eigenvalue weighted by Crippen LogP contribution is -2.35. The van der Waals surface area contributed by atoms with Gasteiger partial charge in [-0.1, -0.05) is 18.2 Å². The van der Waals surface area contributed by atoms with E-state index in [1.165, 1.54) is 11.0 Å². The fourth-order valence-corrected chi connectivity index (χ4v) is 2.82. The molecule has 0 radical (unpaired) electrons. The topological polar surface area (TPSA) is 91.7 Å². The number of hydrogen-bond donors (Lipinski definition) is 1. The van der Waals surface area contributed by atoms with E-state index in [0.29, 0.717) is 29.4 Å². The first-order valence-corrected chi connectivity index (χ1v) is 9.89. The quantitative estimate of drug-likeness (QED) is 0.517. The monoisotopic (exact) mass is 421 g/mol. The maximum Gasteiger partial charge on any atom is 0.266 e. The summed E-state index contributed by atoms with van der Waals surface area (Å²) in [5.41, 5.74) is 2.16. The summed E-state index contributed by atoms with van der Waals surface area (Å²) in [4.78, 5) is 26.1. The molecule has 0 heterocycles. The van der Waals surface area contributed by atoms with Crippen molar-refractivity contribution in [1.29, 1.82) is 5.26 Å². The lowest BCUT2D eigenvalue weighted by atomic mass is 10.1. The summed E-state index contributed by atoms with van der Waals surface area (Å²) < 4.78 is 11.4. The van der Waals surface area contributed by atoms with Crippen LogP contribution in [0.15, 0.2) is 48.0 Å². The van der Waals surface area contributed by atoms with Crippen LogP contribution in [-0.2, 0) is 9.59 Å². The van der Waals surface area contributed by atoms with Gasteiger partial charge in [0.05, 0.1) is 6.61 Å². The van der Waals surface area contributed by atoms with Gasteiger partial charge in [-0.2, -0.15) is 5.26 Å². The second-order valence-electron chi connectivity index (χ2n) is 7.13. The van der Waals surface area contributed by atoms with Crippen LogP contribution in [0.4, 0.5) is 5.69 Å². The first kappa shape index (κ1) is 23.5. The number of ether oxygens (including phenoxy) is 2. The molecule has 7 nitrogen and oxygen atoms in total. The van der Waals surface area contributed by atoms with Crippen molar-refractivity contribution in [2.24, 2.45) is 0 Å². The molecule has 0 unspecified atom stereocenters. The molecule has 2 aromatic carbocycles. The van der Waals surface area contributed by atoms with E-state index in [1.807, 2.05) is 38.1 Å². The molecule has 0 saturated heterocycles. The number of aryl methyl sites for hydroxylation is 1. The van der Waals surface area contributed by atoms with Gasteiger partial charge >= 0.3 is 0 Å². The van der Waals surface area contributed by atoms with Gasteiger partial charge in [-0.05, 0) is 62.2 Å². The smallest absolute Gasteiger partial charge is 0.266 e. The van der Waals surface area contributed by atoms with Gasteiger partial charge in [-0.25, -0.2) is 0 Å². The zero-order valence-corrected chi connectivity index (χ0v) is 18.4. The van der Waals surface area contributed by atoms with Gasteiger partial charge in [0, 0.05) is 19.8 Å². The van der Waals surface area contributed by atoms with Crippen LogP contribution >= 0.6 is 0 Å². The molecule has 1 N–H and O–H groups in total. The van der Waals surface area contributed by atoms with Crippen LogP contribution in [-0.4, -0.2) is 43.5 Å². The van der Waals surface area contributed by atoms with Crippen molar-refractivity contribution >= 4 is 23.6 Å². The van der Waals surface area contributed by atoms with Gasteiger partial charge in [0.2, 0.25) is 0 Å². The number of nitriles is 1. The molecule has 2 aromatic rings. The van der Waals surface area contributed by atoms with Crippen molar-refractivity contribution in [1.82, 2.24) is 4.90 Å². The van der Waals surface area contributed by atoms with E-state index >= 15 is 0 Å². The highest BCUT2D eigenvalue weighted by Crippen LogP contribution is 2.30. The molecule has 0 saturated carbocycles. The third-order valence-electron chi connectivity index (χ3n) is 4.31. The Morgan fingerprint density at radius 1 is 1.19 bits per heavy atom. The van der Waals surface area contributed by atoms with Gasteiger partial charge in [0.1, 0.15) is 11.6 Å². The lowest BCUT2D eigenvalue weighted by molar-refractivity contribution is -0.135. The van der Waals surface area contributed by atoms with Crippen LogP contribution in [0.5, 0.6) is 11.5 Å². The molecule has 2 amide bonds. The van der Waals surface area contributed by atoms with Crippen molar-refractivity contribution in [2.45, 2.75) is 26.9 Å². The zero-order valence-electron chi connectivity index (χ0n) is 18.4. The summed E-state index contributed by atoms with van der Waals surface area (Å²) in [5, 5.41) is 12.2. The summed E-state index contributed by atoms with van der Waals surface area (Å²) >= 11 is 0. The van der Waals surface area contributed by atoms with Crippen molar-refractivity contribution < 1.29 is 19.1 Å². The highest BCUT2D eigenvalue weighted by molar-refractivity contribution is 6.09. The number of carbonyl (C=O) groups excluding carboxylic acids is 2. The predicted molar refractivity (Wildman–Crippen MR) is 120 cm³/mol. The lowest BCUT2D eigenvalue weighted by Gasteiger charge is -2.20. The highest BCUT2D eigenvalue weighted by atomic mass is 16.5. The maximum absolute atomic E-state index is 12.5. The van der Waals surface area contributed by atoms with E-state index < -0.39 is 12.0 Å². The summed E-state index contributed by atoms with van der Waals surface area (Å²) in [5.74, 6) is 0.151. The molecule has 0 spiro atoms. The van der Waals surface area contributed by atoms with Crippen molar-refractivity contribution in [3.05, 3.63) is 59.2 Å². The Labute approximate surface area is 182 Å². The molecule has 0 fully saturated rings. The molecule has 0 aliphatic heterocycles. The average Bonchev–Trinajstić information content (AvgIpc) is 2.73. The van der Waals surface area contributed by atoms with Crippen LogP contribution in [0.3, 0.4) is 0 Å². The first-order valence-electron chi connectivity index (χ1n) is 9.89. The van der Waals surface area contributed by atoms with Gasteiger partial charge in [-0.15, -0.1) is 0 Å². The Bertz CT molecular complexity index is 1020. The average molecular weight is 421 g/mol. The molecule has 31 heavy (non-hydrogen) atoms. The highest BCUT2D eigenvalue weighted by Gasteiger charge is 2.19. The minimum absolute atomic E-state index is 0.0474. The van der Waals surface area contributed by atoms with Crippen LogP contribution in [0, 0.1) is 18.3 Å². The number of rotatable bonds is 8. The largest absolute Gasteiger partial charge is 0.490 e. The third kappa shape index (κ3) is 6.61. The molecule has 0 aliphatic carbocycles. The normalized spacial score (nSPS) is 11.8. The predicted octanol–water partition coefficient (Wildman–Crippen LogP) is 3.79. The molecule has 162 valence electrons. The van der Waals surface area contributed by atoms with E-state index in [9.17, 15) is 14.9 Å². The molecular formula is C24H27N3O4. The minimum atomic E-state index is -0.689. The Morgan fingerprint density at radius 3 is 2.55 bits per heavy atom. The molecule has 7 heteroatoms. The van der Waals surface area contributed by atoms with Crippen LogP contribution < -0.4 is 14.8 Å². The number of nitrogens with zero attached hydrogens (tertiary/aromatic N) is 2. The van der Waals surface area contributed by atoms with Crippen molar-refractivity contribution in [3.8, 4) is 17.6 Å². The number of benzene rings is 2. The minimum Gasteiger partial charge on any atom is -0.490 e. The second kappa shape index (κ2) is 10.8. The van der Waals surface area contributed by atoms with Crippen LogP contribution in [0.25, 0.3) is 6.08 Å². The fraction of sp³-hybridized carbons (Fsp3) is 0.292. The number of carbonyl (C=O) groups is 2. The summed E-state index contributed by atoms with van der Waals surface area (Å²) in [6.07, 6.45) is 0.789. The van der Waals surface area contributed by atoms with E-state index in [2.05, 4.69) is 5.32 Å². The molecule has 0 aliphatic rings. The summed E-state index contributed by atoms with van der Waals surface area (Å²) in [6, 6.07) is 14.3. The number of hydrogen-bond acceptors (Lipinski definition) is 5. The molecule has 0 aromatic heterocycles. The Balaban J connectivity index is 2.26. The van der Waals surface area contributed by atoms with E-state index in [1.54, 1.807) is 45.3 Å². The number of amides is 2. The Kier molecular flexibility index (Phi) is 8.21. The molecule has 1 atom stereocenters. The first-order chi connectivity index (χ1) is 14.7. The van der Waals surface area contributed by atoms with Gasteiger partial charge in [0.25, 0.3) is 11.8 Å². The fourth-order valence-electron chi connectivity index (χ4n) is 2.82. The number of anilines is 1. The Morgan fingerprint density at radius 2 is 1.94 bits per heavy atom. The van der Waals surface area contributed by atoms with Crippen LogP contribution in [0.2, 0.25) is 0 Å². The SMILES string of the molecule is CCOc1cc(/C=C(\C#N)C(=O)Nc2cccc(C)c2)ccc1O[C@H](C)C(=O)N(C)C. The standard InChI is InChI=1S/C24H27N3O4/c1-6-30-22-14-18(10-11-21(22)31-17(3)24(29)27(4)5)13-19(15-25)23(28)26-20-9-7-8-16(2)12-20/h7-14,17H,6H2,1-5H3,(H,26,28)/b19-13+/t17-/m1/s1. The zero-order chi connectivity index (χ0) is 23.0. The van der Waals surface area contributed by atoms with Gasteiger partial charge in [-0.3, -0.25) is 9.59 Å². The second-order valence-corrected chi connectivity index (χ2v) is 7.13. The molecular weight excluding hydrogens is 394 g/mol. The Hall–Kier alpha value is -3.79. The van der Waals surface area contributed by atoms with Crippen molar-refractivity contribution in [2.75, 3.05) is 26.0 Å². The number of likely N-dealkylation sites (N-methyl/N-ethyl adjacent to an activating group) is 1. The number of nitrogens with one attached hydrogen (secondary N) is 1. The summed E-state index contributed by atoms with van der Waals surface area (Å²) in [7, 11) is 3.32. The summed E-state index contributed by atoms with van der Waals surface area (Å²) in [6.45, 7) is 5.80.